The molecule has 1 aliphatic carbocycles. The number of hydrogen-bond acceptors (Lipinski definition) is 8. The second kappa shape index (κ2) is 16.2. The molecule has 0 saturated carbocycles. The summed E-state index contributed by atoms with van der Waals surface area (Å²) in [6.07, 6.45) is -1.03. The fourth-order valence-corrected chi connectivity index (χ4v) is 9.01. The lowest BCUT2D eigenvalue weighted by atomic mass is 10.0. The molecule has 0 atom stereocenters. The maximum absolute atomic E-state index is 12.8. The van der Waals surface area contributed by atoms with Crippen molar-refractivity contribution >= 4 is 112 Å². The highest BCUT2D eigenvalue weighted by atomic mass is 79.9. The number of hydrogen-bond donors (Lipinski definition) is 4. The van der Waals surface area contributed by atoms with Gasteiger partial charge in [0.15, 0.2) is 0 Å². The van der Waals surface area contributed by atoms with Crippen molar-refractivity contribution in [3.05, 3.63) is 109 Å². The lowest BCUT2D eigenvalue weighted by molar-refractivity contribution is -0.167. The summed E-state index contributed by atoms with van der Waals surface area (Å²) in [6, 6.07) is 21.8. The molecule has 4 heterocycles. The van der Waals surface area contributed by atoms with Crippen molar-refractivity contribution in [2.75, 3.05) is 21.7 Å². The van der Waals surface area contributed by atoms with Crippen LogP contribution in [0.2, 0.25) is 5.02 Å². The highest BCUT2D eigenvalue weighted by Crippen LogP contribution is 2.39. The Balaban J connectivity index is 0.000000179. The van der Waals surface area contributed by atoms with Gasteiger partial charge >= 0.3 is 12.1 Å². The van der Waals surface area contributed by atoms with E-state index in [0.29, 0.717) is 39.8 Å². The molecule has 5 N–H and O–H groups in total. The maximum Gasteiger partial charge on any atom is 0.471 e. The van der Waals surface area contributed by atoms with Crippen LogP contribution in [0, 0.1) is 0 Å². The number of anilines is 4. The van der Waals surface area contributed by atoms with E-state index in [1.807, 2.05) is 59.2 Å². The first kappa shape index (κ1) is 37.5. The predicted molar refractivity (Wildman–Crippen MR) is 209 cm³/mol. The molecule has 0 fully saturated rings. The molecule has 3 amide bonds. The SMILES string of the molecule is Nc1c(C(=O)Nc2ccccc2Br)sc2nc(-c3cccs3)ccc12.O=C(Nc1cccc(Cl)c1)c1c(NC(=O)C(F)(F)F)sc2c1CCCCC2. The van der Waals surface area contributed by atoms with Crippen molar-refractivity contribution in [1.82, 2.24) is 4.98 Å². The summed E-state index contributed by atoms with van der Waals surface area (Å²) in [4.78, 5) is 44.7. The topological polar surface area (TPSA) is 126 Å². The third-order valence-electron chi connectivity index (χ3n) is 7.91. The van der Waals surface area contributed by atoms with Gasteiger partial charge in [-0.1, -0.05) is 42.3 Å². The Kier molecular flexibility index (Phi) is 11.7. The number of rotatable bonds is 6. The van der Waals surface area contributed by atoms with E-state index in [4.69, 9.17) is 17.3 Å². The van der Waals surface area contributed by atoms with E-state index in [2.05, 4.69) is 31.5 Å². The number of aryl methyl sites for hydroxylation is 1. The lowest BCUT2D eigenvalue weighted by Gasteiger charge is -2.11. The largest absolute Gasteiger partial charge is 0.471 e. The molecule has 2 aromatic carbocycles. The van der Waals surface area contributed by atoms with E-state index in [-0.39, 0.29) is 16.5 Å². The fraction of sp³-hybridized carbons (Fsp3) is 0.167. The van der Waals surface area contributed by atoms with Gasteiger partial charge in [0, 0.05) is 25.4 Å². The normalized spacial score (nSPS) is 12.6. The quantitative estimate of drug-likeness (QED) is 0.124. The number of carbonyl (C=O) groups excluding carboxylic acids is 3. The number of para-hydroxylation sites is 1. The van der Waals surface area contributed by atoms with Crippen LogP contribution < -0.4 is 21.7 Å². The van der Waals surface area contributed by atoms with E-state index < -0.39 is 18.0 Å². The third kappa shape index (κ3) is 8.67. The summed E-state index contributed by atoms with van der Waals surface area (Å²) in [5.41, 5.74) is 9.51. The minimum absolute atomic E-state index is 0.0660. The first-order chi connectivity index (χ1) is 24.9. The maximum atomic E-state index is 12.8. The molecule has 8 nitrogen and oxygen atoms in total. The second-order valence-electron chi connectivity index (χ2n) is 11.5. The van der Waals surface area contributed by atoms with Crippen molar-refractivity contribution in [1.29, 1.82) is 0 Å². The Morgan fingerprint density at radius 2 is 1.65 bits per heavy atom. The number of nitrogens with one attached hydrogen (secondary N) is 3. The number of alkyl halides is 3. The van der Waals surface area contributed by atoms with Crippen LogP contribution in [0.4, 0.5) is 35.2 Å². The lowest BCUT2D eigenvalue weighted by Crippen LogP contribution is -2.30. The van der Waals surface area contributed by atoms with E-state index in [1.165, 1.54) is 11.3 Å². The van der Waals surface area contributed by atoms with Crippen LogP contribution in [0.3, 0.4) is 0 Å². The number of benzene rings is 2. The average molecular weight is 847 g/mol. The van der Waals surface area contributed by atoms with Gasteiger partial charge in [0.2, 0.25) is 0 Å². The molecule has 268 valence electrons. The monoisotopic (exact) mass is 845 g/mol. The molecule has 52 heavy (non-hydrogen) atoms. The minimum Gasteiger partial charge on any atom is -0.397 e. The number of aromatic nitrogens is 1. The van der Waals surface area contributed by atoms with Crippen LogP contribution in [-0.2, 0) is 17.6 Å². The van der Waals surface area contributed by atoms with Crippen LogP contribution in [-0.4, -0.2) is 28.9 Å². The van der Waals surface area contributed by atoms with Crippen molar-refractivity contribution in [2.45, 2.75) is 38.3 Å². The van der Waals surface area contributed by atoms with E-state index >= 15 is 0 Å². The number of nitrogens with two attached hydrogens (primary N) is 1. The van der Waals surface area contributed by atoms with Gasteiger partial charge in [-0.3, -0.25) is 14.4 Å². The van der Waals surface area contributed by atoms with Gasteiger partial charge in [0.25, 0.3) is 11.8 Å². The molecule has 16 heteroatoms. The van der Waals surface area contributed by atoms with E-state index in [0.717, 1.165) is 66.3 Å². The van der Waals surface area contributed by atoms with Gasteiger partial charge in [-0.05, 0) is 101 Å². The summed E-state index contributed by atoms with van der Waals surface area (Å²) >= 11 is 13.3. The van der Waals surface area contributed by atoms with E-state index in [1.54, 1.807) is 35.6 Å². The van der Waals surface area contributed by atoms with Gasteiger partial charge in [-0.25, -0.2) is 4.98 Å². The zero-order chi connectivity index (χ0) is 37.0. The van der Waals surface area contributed by atoms with Crippen LogP contribution in [0.1, 0.15) is 49.7 Å². The number of nitrogens with zero attached hydrogens (tertiary/aromatic N) is 1. The zero-order valence-corrected chi connectivity index (χ0v) is 31.7. The minimum atomic E-state index is -5.03. The molecular weight excluding hydrogens is 819 g/mol. The first-order valence-corrected chi connectivity index (χ1v) is 19.5. The molecule has 1 aliphatic rings. The fourth-order valence-electron chi connectivity index (χ4n) is 5.47. The average Bonchev–Trinajstić information content (AvgIpc) is 3.80. The Morgan fingerprint density at radius 1 is 0.865 bits per heavy atom. The standard InChI is InChI=1S/C18H12BrN3OS2.C18H16ClF3N2O2S/c19-11-4-1-2-5-12(11)21-17(23)16-15(20)10-7-8-13(22-18(10)25-16)14-6-3-9-24-14;19-10-5-4-6-11(9-10)23-15(25)14-12-7-2-1-3-8-13(12)27-16(14)24-17(26)18(20,21)22/h1-9H,20H2,(H,21,23);4-6,9H,1-3,7-8H2,(H,23,25)(H,24,26). The van der Waals surface area contributed by atoms with Gasteiger partial charge in [-0.15, -0.1) is 34.0 Å². The Hall–Kier alpha value is -4.28. The van der Waals surface area contributed by atoms with Gasteiger partial charge in [0.1, 0.15) is 14.7 Å². The number of halogens is 5. The third-order valence-corrected chi connectivity index (χ3v) is 12.1. The zero-order valence-electron chi connectivity index (χ0n) is 26.9. The van der Waals surface area contributed by atoms with Crippen LogP contribution in [0.25, 0.3) is 20.8 Å². The Labute approximate surface area is 321 Å². The van der Waals surface area contributed by atoms with Crippen LogP contribution >= 0.6 is 61.5 Å². The summed E-state index contributed by atoms with van der Waals surface area (Å²) in [7, 11) is 0. The molecule has 7 rings (SSSR count). The number of pyridine rings is 1. The highest BCUT2D eigenvalue weighted by molar-refractivity contribution is 9.10. The van der Waals surface area contributed by atoms with Crippen molar-refractivity contribution in [2.24, 2.45) is 0 Å². The van der Waals surface area contributed by atoms with Crippen molar-refractivity contribution in [3.8, 4) is 10.6 Å². The molecule has 0 radical (unpaired) electrons. The Morgan fingerprint density at radius 3 is 2.38 bits per heavy atom. The van der Waals surface area contributed by atoms with E-state index in [9.17, 15) is 27.6 Å². The summed E-state index contributed by atoms with van der Waals surface area (Å²) in [6.45, 7) is 0. The molecule has 0 spiro atoms. The molecule has 6 aromatic rings. The van der Waals surface area contributed by atoms with Gasteiger partial charge < -0.3 is 21.7 Å². The number of fused-ring (bicyclic) bond motifs is 2. The molecule has 0 bridgehead atoms. The highest BCUT2D eigenvalue weighted by Gasteiger charge is 2.40. The molecule has 0 unspecified atom stereocenters. The molecular formula is C36H28BrClF3N5O3S3. The van der Waals surface area contributed by atoms with Crippen molar-refractivity contribution in [3.63, 3.8) is 0 Å². The van der Waals surface area contributed by atoms with Crippen LogP contribution in [0.5, 0.6) is 0 Å². The number of carbonyl (C=O) groups is 3. The predicted octanol–water partition coefficient (Wildman–Crippen LogP) is 11.0. The van der Waals surface area contributed by atoms with Crippen molar-refractivity contribution < 1.29 is 27.6 Å². The number of thiophene rings is 3. The Bertz CT molecular complexity index is 2270. The number of nitrogen functional groups attached to an aromatic ring is 1. The molecule has 0 aliphatic heterocycles. The molecule has 4 aromatic heterocycles. The van der Waals surface area contributed by atoms with Crippen LogP contribution in [0.15, 0.2) is 82.6 Å². The first-order valence-electron chi connectivity index (χ1n) is 15.8. The summed E-state index contributed by atoms with van der Waals surface area (Å²) in [5.74, 6) is -2.88. The summed E-state index contributed by atoms with van der Waals surface area (Å²) in [5, 5.41) is 10.6. The van der Waals surface area contributed by atoms with Gasteiger partial charge in [-0.2, -0.15) is 13.2 Å². The smallest absolute Gasteiger partial charge is 0.397 e. The number of amides is 3. The van der Waals surface area contributed by atoms with Gasteiger partial charge in [0.05, 0.1) is 27.5 Å². The molecule has 0 saturated heterocycles. The summed E-state index contributed by atoms with van der Waals surface area (Å²) < 4.78 is 38.9. The second-order valence-corrected chi connectivity index (χ2v) is 15.8.